The summed E-state index contributed by atoms with van der Waals surface area (Å²) < 4.78 is 31.3. The van der Waals surface area contributed by atoms with Gasteiger partial charge in [-0.1, -0.05) is 57.5 Å². The van der Waals surface area contributed by atoms with Crippen LogP contribution in [0.1, 0.15) is 56.8 Å². The van der Waals surface area contributed by atoms with E-state index in [4.69, 9.17) is 9.88 Å². The molecule has 0 bridgehead atoms. The summed E-state index contributed by atoms with van der Waals surface area (Å²) in [6.07, 6.45) is 9.18. The van der Waals surface area contributed by atoms with Crippen molar-refractivity contribution in [2.45, 2.75) is 51.3 Å². The standard InChI is InChI=1S/C24H35N3O4S.C5H9N/c1-5-8-15-27(16-9-6-2)21-17-19(24(28)26(4)7-3)18-22(32(25,29)30)23(21)31-20-13-11-10-12-14-20;1-3-4-5-6-2/h10-14,17-18H,5-9,15-16H2,1-4H3,(H2,25,29,30);3-6H,1H2,2H3/b;5-4-. The zero-order valence-electron chi connectivity index (χ0n) is 23.4. The van der Waals surface area contributed by atoms with Crippen LogP contribution in [0.2, 0.25) is 0 Å². The number of carbonyl (C=O) groups excluding carboxylic acids is 1. The highest BCUT2D eigenvalue weighted by Gasteiger charge is 2.27. The highest BCUT2D eigenvalue weighted by molar-refractivity contribution is 7.89. The molecule has 3 N–H and O–H groups in total. The number of sulfonamides is 1. The third-order valence-corrected chi connectivity index (χ3v) is 6.59. The summed E-state index contributed by atoms with van der Waals surface area (Å²) >= 11 is 0. The molecule has 0 radical (unpaired) electrons. The van der Waals surface area contributed by atoms with E-state index in [-0.39, 0.29) is 22.1 Å². The molecule has 210 valence electrons. The van der Waals surface area contributed by atoms with Crippen molar-refractivity contribution in [2.75, 3.05) is 38.6 Å². The highest BCUT2D eigenvalue weighted by atomic mass is 32.2. The number of carbonyl (C=O) groups is 1. The summed E-state index contributed by atoms with van der Waals surface area (Å²) in [6, 6.07) is 12.0. The summed E-state index contributed by atoms with van der Waals surface area (Å²) in [5, 5.41) is 8.42. The second-order valence-electron chi connectivity index (χ2n) is 8.68. The number of unbranched alkanes of at least 4 members (excludes halogenated alkanes) is 2. The van der Waals surface area contributed by atoms with Gasteiger partial charge in [-0.2, -0.15) is 0 Å². The largest absolute Gasteiger partial charge is 0.454 e. The minimum atomic E-state index is -4.16. The first-order valence-electron chi connectivity index (χ1n) is 13.0. The van der Waals surface area contributed by atoms with Gasteiger partial charge in [-0.15, -0.1) is 0 Å². The summed E-state index contributed by atoms with van der Waals surface area (Å²) in [6.45, 7) is 11.5. The number of amides is 1. The van der Waals surface area contributed by atoms with Crippen molar-refractivity contribution in [2.24, 2.45) is 5.14 Å². The normalized spacial score (nSPS) is 10.9. The first kappa shape index (κ1) is 32.7. The first-order valence-corrected chi connectivity index (χ1v) is 14.6. The van der Waals surface area contributed by atoms with Crippen molar-refractivity contribution >= 4 is 21.6 Å². The maximum Gasteiger partial charge on any atom is 0.253 e. The molecule has 38 heavy (non-hydrogen) atoms. The average molecular weight is 545 g/mol. The Hall–Kier alpha value is -3.30. The smallest absolute Gasteiger partial charge is 0.253 e. The van der Waals surface area contributed by atoms with Crippen LogP contribution >= 0.6 is 0 Å². The topological polar surface area (TPSA) is 105 Å². The lowest BCUT2D eigenvalue weighted by Gasteiger charge is -2.29. The number of rotatable bonds is 14. The molecule has 0 aromatic heterocycles. The number of hydrogen-bond acceptors (Lipinski definition) is 6. The molecular formula is C29H44N4O4S. The Labute approximate surface area is 229 Å². The molecule has 1 amide bonds. The van der Waals surface area contributed by atoms with Crippen molar-refractivity contribution in [3.63, 3.8) is 0 Å². The van der Waals surface area contributed by atoms with Gasteiger partial charge in [-0.25, -0.2) is 13.6 Å². The molecule has 0 fully saturated rings. The van der Waals surface area contributed by atoms with Crippen LogP contribution in [0.3, 0.4) is 0 Å². The first-order chi connectivity index (χ1) is 18.1. The maximum atomic E-state index is 13.0. The van der Waals surface area contributed by atoms with Crippen LogP contribution in [0.5, 0.6) is 11.5 Å². The number of benzene rings is 2. The van der Waals surface area contributed by atoms with E-state index in [0.29, 0.717) is 31.1 Å². The Kier molecular flexibility index (Phi) is 14.9. The number of nitrogens with one attached hydrogen (secondary N) is 1. The van der Waals surface area contributed by atoms with Crippen molar-refractivity contribution in [1.29, 1.82) is 0 Å². The fraction of sp³-hybridized carbons (Fsp3) is 0.414. The molecule has 8 nitrogen and oxygen atoms in total. The molecule has 9 heteroatoms. The van der Waals surface area contributed by atoms with Crippen molar-refractivity contribution in [3.05, 3.63) is 73.0 Å². The van der Waals surface area contributed by atoms with Crippen LogP contribution < -0.4 is 20.1 Å². The van der Waals surface area contributed by atoms with Gasteiger partial charge in [0.15, 0.2) is 5.75 Å². The lowest BCUT2D eigenvalue weighted by atomic mass is 10.1. The van der Waals surface area contributed by atoms with Gasteiger partial charge in [0.1, 0.15) is 10.6 Å². The second-order valence-corrected chi connectivity index (χ2v) is 10.2. The maximum absolute atomic E-state index is 13.0. The number of anilines is 1. The average Bonchev–Trinajstić information content (AvgIpc) is 2.91. The number of nitrogens with zero attached hydrogens (tertiary/aromatic N) is 2. The molecule has 2 aromatic rings. The number of hydrogen-bond donors (Lipinski definition) is 2. The van der Waals surface area contributed by atoms with E-state index in [0.717, 1.165) is 25.7 Å². The van der Waals surface area contributed by atoms with Gasteiger partial charge in [-0.05, 0) is 56.3 Å². The van der Waals surface area contributed by atoms with Gasteiger partial charge < -0.3 is 19.9 Å². The molecule has 0 aliphatic heterocycles. The van der Waals surface area contributed by atoms with E-state index in [1.807, 2.05) is 44.4 Å². The SMILES string of the molecule is C=C/C=C\NC.CCCCN(CCCC)c1cc(C(=O)N(C)CC)cc(S(N)(=O)=O)c1Oc1ccccc1. The van der Waals surface area contributed by atoms with Crippen molar-refractivity contribution < 1.29 is 17.9 Å². The lowest BCUT2D eigenvalue weighted by Crippen LogP contribution is -2.29. The number of primary sulfonamides is 1. The molecule has 0 unspecified atom stereocenters. The number of nitrogens with two attached hydrogens (primary N) is 1. The molecule has 0 spiro atoms. The van der Waals surface area contributed by atoms with Gasteiger partial charge in [0.05, 0.1) is 5.69 Å². The van der Waals surface area contributed by atoms with Crippen LogP contribution in [0.4, 0.5) is 5.69 Å². The Morgan fingerprint density at radius 2 is 1.68 bits per heavy atom. The van der Waals surface area contributed by atoms with Gasteiger partial charge in [0.2, 0.25) is 10.0 Å². The summed E-state index contributed by atoms with van der Waals surface area (Å²) in [5.74, 6) is 0.381. The molecule has 0 saturated carbocycles. The van der Waals surface area contributed by atoms with Crippen molar-refractivity contribution in [1.82, 2.24) is 10.2 Å². The van der Waals surface area contributed by atoms with Crippen molar-refractivity contribution in [3.8, 4) is 11.5 Å². The Morgan fingerprint density at radius 3 is 2.13 bits per heavy atom. The molecule has 0 saturated heterocycles. The van der Waals surface area contributed by atoms with Gasteiger partial charge >= 0.3 is 0 Å². The molecule has 2 aromatic carbocycles. The Balaban J connectivity index is 0.00000107. The van der Waals surface area contributed by atoms with E-state index in [1.54, 1.807) is 31.3 Å². The molecule has 0 aliphatic carbocycles. The third kappa shape index (κ3) is 10.6. The van der Waals surface area contributed by atoms with Gasteiger partial charge in [0.25, 0.3) is 5.91 Å². The zero-order valence-corrected chi connectivity index (χ0v) is 24.3. The van der Waals surface area contributed by atoms with Crippen LogP contribution in [-0.4, -0.2) is 53.0 Å². The van der Waals surface area contributed by atoms with Gasteiger partial charge in [0, 0.05) is 39.3 Å². The number of ether oxygens (including phenoxy) is 1. The quantitative estimate of drug-likeness (QED) is 0.303. The monoisotopic (exact) mass is 544 g/mol. The molecule has 0 heterocycles. The van der Waals surface area contributed by atoms with E-state index in [2.05, 4.69) is 30.6 Å². The zero-order chi connectivity index (χ0) is 28.6. The minimum absolute atomic E-state index is 0.154. The van der Waals surface area contributed by atoms with E-state index in [1.165, 1.54) is 11.0 Å². The fourth-order valence-corrected chi connectivity index (χ4v) is 4.14. The minimum Gasteiger partial charge on any atom is -0.454 e. The molecular weight excluding hydrogens is 500 g/mol. The molecule has 0 atom stereocenters. The number of para-hydroxylation sites is 1. The van der Waals surface area contributed by atoms with E-state index in [9.17, 15) is 13.2 Å². The van der Waals surface area contributed by atoms with Crippen LogP contribution in [0, 0.1) is 0 Å². The Bertz CT molecular complexity index is 1130. The summed E-state index contributed by atoms with van der Waals surface area (Å²) in [5.41, 5.74) is 0.835. The molecule has 2 rings (SSSR count). The predicted octanol–water partition coefficient (Wildman–Crippen LogP) is 5.53. The van der Waals surface area contributed by atoms with Crippen LogP contribution in [0.15, 0.2) is 72.3 Å². The summed E-state index contributed by atoms with van der Waals surface area (Å²) in [4.78, 5) is 16.4. The van der Waals surface area contributed by atoms with E-state index >= 15 is 0 Å². The molecule has 0 aliphatic rings. The van der Waals surface area contributed by atoms with Crippen LogP contribution in [0.25, 0.3) is 0 Å². The highest BCUT2D eigenvalue weighted by Crippen LogP contribution is 2.40. The van der Waals surface area contributed by atoms with Gasteiger partial charge in [-0.3, -0.25) is 4.79 Å². The van der Waals surface area contributed by atoms with Crippen LogP contribution in [-0.2, 0) is 10.0 Å². The predicted molar refractivity (Wildman–Crippen MR) is 157 cm³/mol. The Morgan fingerprint density at radius 1 is 1.08 bits per heavy atom. The fourth-order valence-electron chi connectivity index (χ4n) is 3.45. The third-order valence-electron chi connectivity index (χ3n) is 5.68. The number of allylic oxidation sites excluding steroid dienone is 2. The summed E-state index contributed by atoms with van der Waals surface area (Å²) in [7, 11) is -0.635. The lowest BCUT2D eigenvalue weighted by molar-refractivity contribution is 0.0802. The second kappa shape index (κ2) is 17.3. The van der Waals surface area contributed by atoms with E-state index < -0.39 is 10.0 Å².